The highest BCUT2D eigenvalue weighted by atomic mass is 19.1. The van der Waals surface area contributed by atoms with Crippen LogP contribution < -0.4 is 10.5 Å². The average molecular weight is 292 g/mol. The van der Waals surface area contributed by atoms with Crippen molar-refractivity contribution in [3.63, 3.8) is 0 Å². The molecule has 2 rings (SSSR count). The van der Waals surface area contributed by atoms with Crippen molar-refractivity contribution in [2.75, 3.05) is 0 Å². The molecule has 0 aliphatic heterocycles. The van der Waals surface area contributed by atoms with Crippen LogP contribution in [0.15, 0.2) is 41.6 Å². The lowest BCUT2D eigenvalue weighted by Gasteiger charge is -2.10. The van der Waals surface area contributed by atoms with Gasteiger partial charge in [-0.15, -0.1) is 0 Å². The third kappa shape index (κ3) is 3.28. The molecule has 0 bridgehead atoms. The molecule has 2 aromatic rings. The molecule has 0 atom stereocenters. The molecule has 0 aliphatic carbocycles. The average Bonchev–Trinajstić information content (AvgIpc) is 2.48. The number of hydrogen-bond acceptors (Lipinski definition) is 3. The third-order valence-corrected chi connectivity index (χ3v) is 2.93. The van der Waals surface area contributed by atoms with Crippen LogP contribution in [0.4, 0.5) is 8.78 Å². The molecule has 0 fully saturated rings. The molecule has 110 valence electrons. The van der Waals surface area contributed by atoms with Crippen molar-refractivity contribution in [2.24, 2.45) is 10.9 Å². The van der Waals surface area contributed by atoms with E-state index in [0.717, 1.165) is 5.56 Å². The summed E-state index contributed by atoms with van der Waals surface area (Å²) in [6.07, 6.45) is 0. The zero-order valence-electron chi connectivity index (χ0n) is 11.3. The molecule has 0 radical (unpaired) electrons. The molecule has 3 N–H and O–H groups in total. The zero-order chi connectivity index (χ0) is 15.4. The van der Waals surface area contributed by atoms with E-state index < -0.39 is 11.6 Å². The number of ether oxygens (including phenoxy) is 1. The fourth-order valence-electron chi connectivity index (χ4n) is 1.82. The zero-order valence-corrected chi connectivity index (χ0v) is 11.3. The second-order valence-electron chi connectivity index (χ2n) is 4.49. The number of hydrogen-bond donors (Lipinski definition) is 2. The molecule has 0 aliphatic rings. The maximum atomic E-state index is 14.1. The Hall–Kier alpha value is -2.63. The van der Waals surface area contributed by atoms with Gasteiger partial charge in [0.2, 0.25) is 0 Å². The van der Waals surface area contributed by atoms with Gasteiger partial charge in [0.05, 0.1) is 5.56 Å². The standard InChI is InChI=1S/C15H14F2N2O2/c1-9-5-6-12(16)13(7-9)21-8-10-3-2-4-11(14(10)17)15(18)19-20/h2-7,20H,8H2,1H3,(H2,18,19). The van der Waals surface area contributed by atoms with E-state index in [-0.39, 0.29) is 29.3 Å². The van der Waals surface area contributed by atoms with Crippen LogP contribution in [0.1, 0.15) is 16.7 Å². The van der Waals surface area contributed by atoms with Crippen molar-refractivity contribution in [3.05, 3.63) is 64.7 Å². The maximum Gasteiger partial charge on any atom is 0.173 e. The first kappa shape index (κ1) is 14.8. The SMILES string of the molecule is Cc1ccc(F)c(OCc2cccc(/C(N)=N/O)c2F)c1. The largest absolute Gasteiger partial charge is 0.486 e. The quantitative estimate of drug-likeness (QED) is 0.394. The number of amidine groups is 1. The minimum atomic E-state index is -0.666. The lowest BCUT2D eigenvalue weighted by molar-refractivity contribution is 0.284. The Balaban J connectivity index is 2.23. The summed E-state index contributed by atoms with van der Waals surface area (Å²) in [5.41, 5.74) is 6.35. The molecule has 0 saturated carbocycles. The van der Waals surface area contributed by atoms with E-state index in [1.54, 1.807) is 19.1 Å². The number of nitrogens with two attached hydrogens (primary N) is 1. The van der Waals surface area contributed by atoms with Crippen molar-refractivity contribution >= 4 is 5.84 Å². The highest BCUT2D eigenvalue weighted by Crippen LogP contribution is 2.21. The molecule has 2 aromatic carbocycles. The summed E-state index contributed by atoms with van der Waals surface area (Å²) in [6, 6.07) is 8.83. The first-order chi connectivity index (χ1) is 10.0. The van der Waals surface area contributed by atoms with Gasteiger partial charge in [0, 0.05) is 5.56 Å². The van der Waals surface area contributed by atoms with E-state index >= 15 is 0 Å². The Labute approximate surface area is 120 Å². The predicted molar refractivity (Wildman–Crippen MR) is 74.4 cm³/mol. The Kier molecular flexibility index (Phi) is 4.37. The van der Waals surface area contributed by atoms with Gasteiger partial charge in [-0.3, -0.25) is 0 Å². The second-order valence-corrected chi connectivity index (χ2v) is 4.49. The fraction of sp³-hybridized carbons (Fsp3) is 0.133. The van der Waals surface area contributed by atoms with E-state index in [9.17, 15) is 8.78 Å². The van der Waals surface area contributed by atoms with Crippen LogP contribution >= 0.6 is 0 Å². The first-order valence-electron chi connectivity index (χ1n) is 6.17. The summed E-state index contributed by atoms with van der Waals surface area (Å²) < 4.78 is 33.0. The van der Waals surface area contributed by atoms with Gasteiger partial charge in [-0.2, -0.15) is 0 Å². The number of oxime groups is 1. The van der Waals surface area contributed by atoms with Crippen molar-refractivity contribution in [1.82, 2.24) is 0 Å². The van der Waals surface area contributed by atoms with Gasteiger partial charge >= 0.3 is 0 Å². The summed E-state index contributed by atoms with van der Waals surface area (Å²) >= 11 is 0. The van der Waals surface area contributed by atoms with Gasteiger partial charge in [-0.1, -0.05) is 23.4 Å². The van der Waals surface area contributed by atoms with E-state index in [1.807, 2.05) is 0 Å². The fourth-order valence-corrected chi connectivity index (χ4v) is 1.82. The van der Waals surface area contributed by atoms with Gasteiger partial charge in [0.1, 0.15) is 12.4 Å². The lowest BCUT2D eigenvalue weighted by atomic mass is 10.1. The van der Waals surface area contributed by atoms with Crippen LogP contribution in [0, 0.1) is 18.6 Å². The van der Waals surface area contributed by atoms with E-state index in [1.165, 1.54) is 24.3 Å². The topological polar surface area (TPSA) is 67.8 Å². The summed E-state index contributed by atoms with van der Waals surface area (Å²) in [6.45, 7) is 1.63. The van der Waals surface area contributed by atoms with E-state index in [0.29, 0.717) is 0 Å². The Morgan fingerprint density at radius 3 is 2.76 bits per heavy atom. The normalized spacial score (nSPS) is 11.5. The van der Waals surface area contributed by atoms with Gasteiger partial charge in [-0.25, -0.2) is 8.78 Å². The third-order valence-electron chi connectivity index (χ3n) is 2.93. The Bertz CT molecular complexity index is 687. The van der Waals surface area contributed by atoms with Crippen LogP contribution in [0.5, 0.6) is 5.75 Å². The molecule has 4 nitrogen and oxygen atoms in total. The van der Waals surface area contributed by atoms with Gasteiger partial charge in [0.25, 0.3) is 0 Å². The van der Waals surface area contributed by atoms with Crippen LogP contribution in [-0.2, 0) is 6.61 Å². The highest BCUT2D eigenvalue weighted by Gasteiger charge is 2.12. The summed E-state index contributed by atoms with van der Waals surface area (Å²) in [5.74, 6) is -1.48. The number of nitrogens with zero attached hydrogens (tertiary/aromatic N) is 1. The minimum Gasteiger partial charge on any atom is -0.486 e. The molecule has 6 heteroatoms. The van der Waals surface area contributed by atoms with Gasteiger partial charge in [-0.05, 0) is 30.7 Å². The summed E-state index contributed by atoms with van der Waals surface area (Å²) in [5, 5.41) is 11.4. The highest BCUT2D eigenvalue weighted by molar-refractivity contribution is 5.97. The number of halogens is 2. The molecule has 0 spiro atoms. The number of rotatable bonds is 4. The Morgan fingerprint density at radius 1 is 1.29 bits per heavy atom. The van der Waals surface area contributed by atoms with E-state index in [4.69, 9.17) is 15.7 Å². The van der Waals surface area contributed by atoms with Crippen molar-refractivity contribution in [2.45, 2.75) is 13.5 Å². The number of aryl methyl sites for hydroxylation is 1. The molecular weight excluding hydrogens is 278 g/mol. The maximum absolute atomic E-state index is 14.1. The van der Waals surface area contributed by atoms with Gasteiger partial charge in [0.15, 0.2) is 17.4 Å². The smallest absolute Gasteiger partial charge is 0.173 e. The molecule has 0 amide bonds. The Morgan fingerprint density at radius 2 is 2.05 bits per heavy atom. The molecule has 0 saturated heterocycles. The molecule has 0 aromatic heterocycles. The summed E-state index contributed by atoms with van der Waals surface area (Å²) in [7, 11) is 0. The van der Waals surface area contributed by atoms with Gasteiger partial charge < -0.3 is 15.7 Å². The predicted octanol–water partition coefficient (Wildman–Crippen LogP) is 2.95. The molecule has 0 unspecified atom stereocenters. The summed E-state index contributed by atoms with van der Waals surface area (Å²) in [4.78, 5) is 0. The molecule has 0 heterocycles. The minimum absolute atomic E-state index is 0.0386. The van der Waals surface area contributed by atoms with Crippen LogP contribution in [0.3, 0.4) is 0 Å². The molecular formula is C15H14F2N2O2. The van der Waals surface area contributed by atoms with Crippen molar-refractivity contribution < 1.29 is 18.7 Å². The molecule has 21 heavy (non-hydrogen) atoms. The van der Waals surface area contributed by atoms with Crippen LogP contribution in [-0.4, -0.2) is 11.0 Å². The van der Waals surface area contributed by atoms with E-state index in [2.05, 4.69) is 5.16 Å². The monoisotopic (exact) mass is 292 g/mol. The second kappa shape index (κ2) is 6.21. The lowest BCUT2D eigenvalue weighted by Crippen LogP contribution is -2.16. The number of benzene rings is 2. The van der Waals surface area contributed by atoms with Crippen LogP contribution in [0.25, 0.3) is 0 Å². The first-order valence-corrected chi connectivity index (χ1v) is 6.17. The van der Waals surface area contributed by atoms with Crippen molar-refractivity contribution in [3.8, 4) is 5.75 Å². The van der Waals surface area contributed by atoms with Crippen molar-refractivity contribution in [1.29, 1.82) is 0 Å². The van der Waals surface area contributed by atoms with Crippen LogP contribution in [0.2, 0.25) is 0 Å².